The highest BCUT2D eigenvalue weighted by Crippen LogP contribution is 2.12. The molecule has 0 aromatic heterocycles. The van der Waals surface area contributed by atoms with Gasteiger partial charge in [0.1, 0.15) is 0 Å². The Balaban J connectivity index is 2.31. The predicted molar refractivity (Wildman–Crippen MR) is 66.0 cm³/mol. The van der Waals surface area contributed by atoms with Gasteiger partial charge in [-0.3, -0.25) is 0 Å². The van der Waals surface area contributed by atoms with Gasteiger partial charge in [-0.2, -0.15) is 0 Å². The van der Waals surface area contributed by atoms with Crippen molar-refractivity contribution >= 4 is 0 Å². The van der Waals surface area contributed by atoms with Gasteiger partial charge in [0.15, 0.2) is 0 Å². The lowest BCUT2D eigenvalue weighted by atomic mass is 10.0. The predicted octanol–water partition coefficient (Wildman–Crippen LogP) is 0.997. The van der Waals surface area contributed by atoms with E-state index in [-0.39, 0.29) is 0 Å². The van der Waals surface area contributed by atoms with Crippen LogP contribution in [0.5, 0.6) is 0 Å². The van der Waals surface area contributed by atoms with Crippen LogP contribution in [-0.4, -0.2) is 55.6 Å². The van der Waals surface area contributed by atoms with Gasteiger partial charge in [0.05, 0.1) is 0 Å². The van der Waals surface area contributed by atoms with E-state index in [0.29, 0.717) is 12.0 Å². The van der Waals surface area contributed by atoms with Gasteiger partial charge < -0.3 is 15.5 Å². The summed E-state index contributed by atoms with van der Waals surface area (Å²) in [7, 11) is 2.22. The average Bonchev–Trinajstić information content (AvgIpc) is 2.23. The minimum Gasteiger partial charge on any atom is -0.330 e. The van der Waals surface area contributed by atoms with Crippen molar-refractivity contribution in [2.75, 3.05) is 39.8 Å². The maximum atomic E-state index is 5.80. The van der Waals surface area contributed by atoms with Crippen molar-refractivity contribution in [2.45, 2.75) is 32.7 Å². The van der Waals surface area contributed by atoms with E-state index in [2.05, 4.69) is 30.7 Å². The second-order valence-electron chi connectivity index (χ2n) is 4.98. The van der Waals surface area contributed by atoms with E-state index < -0.39 is 0 Å². The molecule has 3 heteroatoms. The normalized spacial score (nSPS) is 26.8. The van der Waals surface area contributed by atoms with Gasteiger partial charge in [0.2, 0.25) is 0 Å². The molecule has 2 atom stereocenters. The van der Waals surface area contributed by atoms with Gasteiger partial charge in [-0.05, 0) is 32.9 Å². The zero-order valence-corrected chi connectivity index (χ0v) is 10.6. The van der Waals surface area contributed by atoms with E-state index in [4.69, 9.17) is 5.73 Å². The van der Waals surface area contributed by atoms with E-state index in [1.807, 2.05) is 0 Å². The topological polar surface area (TPSA) is 32.5 Å². The minimum absolute atomic E-state index is 0.693. The van der Waals surface area contributed by atoms with Crippen LogP contribution in [0, 0.1) is 5.92 Å². The zero-order valence-electron chi connectivity index (χ0n) is 10.6. The fraction of sp³-hybridized carbons (Fsp3) is 1.00. The van der Waals surface area contributed by atoms with Gasteiger partial charge in [-0.25, -0.2) is 0 Å². The Bertz CT molecular complexity index is 172. The highest BCUT2D eigenvalue weighted by Gasteiger charge is 2.22. The third kappa shape index (κ3) is 4.09. The van der Waals surface area contributed by atoms with Crippen molar-refractivity contribution in [1.29, 1.82) is 0 Å². The quantitative estimate of drug-likeness (QED) is 0.739. The van der Waals surface area contributed by atoms with Crippen LogP contribution in [0.4, 0.5) is 0 Å². The van der Waals surface area contributed by atoms with E-state index >= 15 is 0 Å². The number of nitrogens with zero attached hydrogens (tertiary/aromatic N) is 2. The van der Waals surface area contributed by atoms with Gasteiger partial charge in [-0.1, -0.05) is 13.3 Å². The summed E-state index contributed by atoms with van der Waals surface area (Å²) >= 11 is 0. The molecule has 2 unspecified atom stereocenters. The van der Waals surface area contributed by atoms with Crippen molar-refractivity contribution in [3.63, 3.8) is 0 Å². The van der Waals surface area contributed by atoms with Crippen LogP contribution in [0.1, 0.15) is 26.7 Å². The number of piperazine rings is 1. The number of hydrogen-bond acceptors (Lipinski definition) is 3. The molecular weight excluding hydrogens is 186 g/mol. The Kier molecular flexibility index (Phi) is 5.58. The van der Waals surface area contributed by atoms with Crippen LogP contribution in [0.3, 0.4) is 0 Å². The lowest BCUT2D eigenvalue weighted by molar-refractivity contribution is 0.0918. The van der Waals surface area contributed by atoms with Crippen LogP contribution in [0.25, 0.3) is 0 Å². The SMILES string of the molecule is CCCC(CN)CN1CCN(C)C(C)C1. The molecule has 0 bridgehead atoms. The highest BCUT2D eigenvalue weighted by molar-refractivity contribution is 4.78. The molecule has 15 heavy (non-hydrogen) atoms. The number of nitrogens with two attached hydrogens (primary N) is 1. The van der Waals surface area contributed by atoms with Crippen LogP contribution in [0.2, 0.25) is 0 Å². The second-order valence-corrected chi connectivity index (χ2v) is 4.98. The molecule has 1 aliphatic rings. The molecule has 0 aliphatic carbocycles. The highest BCUT2D eigenvalue weighted by atomic mass is 15.3. The summed E-state index contributed by atoms with van der Waals surface area (Å²) in [6.07, 6.45) is 2.53. The molecule has 90 valence electrons. The van der Waals surface area contributed by atoms with Crippen molar-refractivity contribution in [2.24, 2.45) is 11.7 Å². The number of hydrogen-bond donors (Lipinski definition) is 1. The Labute approximate surface area is 94.6 Å². The van der Waals surface area contributed by atoms with Crippen molar-refractivity contribution in [1.82, 2.24) is 9.80 Å². The second kappa shape index (κ2) is 6.46. The van der Waals surface area contributed by atoms with Crippen LogP contribution < -0.4 is 5.73 Å². The molecule has 1 saturated heterocycles. The number of rotatable bonds is 5. The van der Waals surface area contributed by atoms with E-state index in [0.717, 1.165) is 6.54 Å². The smallest absolute Gasteiger partial charge is 0.0192 e. The fourth-order valence-corrected chi connectivity index (χ4v) is 2.35. The van der Waals surface area contributed by atoms with Crippen molar-refractivity contribution in [3.8, 4) is 0 Å². The minimum atomic E-state index is 0.693. The summed E-state index contributed by atoms with van der Waals surface area (Å²) in [5.41, 5.74) is 5.80. The standard InChI is InChI=1S/C12H27N3/c1-4-5-12(8-13)10-15-7-6-14(3)11(2)9-15/h11-12H,4-10,13H2,1-3H3. The molecule has 1 rings (SSSR count). The summed E-state index contributed by atoms with van der Waals surface area (Å²) in [6, 6.07) is 0.693. The molecule has 1 aliphatic heterocycles. The fourth-order valence-electron chi connectivity index (χ4n) is 2.35. The molecule has 2 N–H and O–H groups in total. The monoisotopic (exact) mass is 213 g/mol. The Morgan fingerprint density at radius 3 is 2.67 bits per heavy atom. The van der Waals surface area contributed by atoms with Crippen LogP contribution >= 0.6 is 0 Å². The molecule has 3 nitrogen and oxygen atoms in total. The van der Waals surface area contributed by atoms with Gasteiger partial charge >= 0.3 is 0 Å². The Hall–Kier alpha value is -0.120. The molecule has 0 amide bonds. The van der Waals surface area contributed by atoms with E-state index in [1.165, 1.54) is 39.0 Å². The molecule has 0 spiro atoms. The van der Waals surface area contributed by atoms with Crippen LogP contribution in [-0.2, 0) is 0 Å². The maximum absolute atomic E-state index is 5.80. The lowest BCUT2D eigenvalue weighted by Crippen LogP contribution is -2.51. The summed E-state index contributed by atoms with van der Waals surface area (Å²) in [5.74, 6) is 0.700. The van der Waals surface area contributed by atoms with Gasteiger partial charge in [0, 0.05) is 32.2 Å². The molecule has 0 radical (unpaired) electrons. The Morgan fingerprint density at radius 2 is 2.13 bits per heavy atom. The zero-order chi connectivity index (χ0) is 11.3. The molecule has 0 aromatic carbocycles. The molecule has 1 heterocycles. The summed E-state index contributed by atoms with van der Waals surface area (Å²) in [6.45, 7) is 10.2. The lowest BCUT2D eigenvalue weighted by Gasteiger charge is -2.39. The first kappa shape index (κ1) is 12.9. The Morgan fingerprint density at radius 1 is 1.40 bits per heavy atom. The van der Waals surface area contributed by atoms with Crippen molar-refractivity contribution < 1.29 is 0 Å². The summed E-state index contributed by atoms with van der Waals surface area (Å²) in [4.78, 5) is 5.02. The molecular formula is C12H27N3. The average molecular weight is 213 g/mol. The van der Waals surface area contributed by atoms with E-state index in [9.17, 15) is 0 Å². The van der Waals surface area contributed by atoms with Gasteiger partial charge in [0.25, 0.3) is 0 Å². The van der Waals surface area contributed by atoms with Crippen LogP contribution in [0.15, 0.2) is 0 Å². The third-order valence-corrected chi connectivity index (χ3v) is 3.59. The first-order chi connectivity index (χ1) is 7.17. The van der Waals surface area contributed by atoms with E-state index in [1.54, 1.807) is 0 Å². The molecule has 1 fully saturated rings. The molecule has 0 aromatic rings. The first-order valence-electron chi connectivity index (χ1n) is 6.30. The first-order valence-corrected chi connectivity index (χ1v) is 6.30. The summed E-state index contributed by atoms with van der Waals surface area (Å²) in [5, 5.41) is 0. The van der Waals surface area contributed by atoms with Gasteiger partial charge in [-0.15, -0.1) is 0 Å². The third-order valence-electron chi connectivity index (χ3n) is 3.59. The molecule has 0 saturated carbocycles. The number of likely N-dealkylation sites (N-methyl/N-ethyl adjacent to an activating group) is 1. The largest absolute Gasteiger partial charge is 0.330 e. The maximum Gasteiger partial charge on any atom is 0.0192 e. The summed E-state index contributed by atoms with van der Waals surface area (Å²) < 4.78 is 0. The van der Waals surface area contributed by atoms with Crippen molar-refractivity contribution in [3.05, 3.63) is 0 Å².